The Bertz CT molecular complexity index is 889. The number of benzene rings is 1. The van der Waals surface area contributed by atoms with Crippen LogP contribution in [-0.4, -0.2) is 70.3 Å². The van der Waals surface area contributed by atoms with Gasteiger partial charge in [0.1, 0.15) is 5.60 Å². The maximum absolute atomic E-state index is 12.1. The number of aliphatic imine (C=N–C) groups is 1. The van der Waals surface area contributed by atoms with Crippen LogP contribution in [0.5, 0.6) is 0 Å². The lowest BCUT2D eigenvalue weighted by molar-refractivity contribution is 0.0186. The Morgan fingerprint density at radius 3 is 2.42 bits per heavy atom. The second-order valence-electron chi connectivity index (χ2n) is 7.96. The maximum Gasteiger partial charge on any atom is 0.410 e. The van der Waals surface area contributed by atoms with Gasteiger partial charge in [-0.3, -0.25) is 4.99 Å². The number of halogens is 2. The van der Waals surface area contributed by atoms with Crippen molar-refractivity contribution in [3.8, 4) is 11.4 Å². The highest BCUT2D eigenvalue weighted by molar-refractivity contribution is 14.0. The Balaban J connectivity index is 0.00000341. The van der Waals surface area contributed by atoms with Gasteiger partial charge >= 0.3 is 6.09 Å². The number of rotatable bonds is 4. The number of nitrogens with zero attached hydrogens (tertiary/aromatic N) is 5. The topological polar surface area (TPSA) is 110 Å². The zero-order valence-electron chi connectivity index (χ0n) is 17.9. The Morgan fingerprint density at radius 2 is 1.81 bits per heavy atom. The zero-order chi connectivity index (χ0) is 21.7. The highest BCUT2D eigenvalue weighted by Crippen LogP contribution is 2.18. The summed E-state index contributed by atoms with van der Waals surface area (Å²) in [5.74, 6) is 1.44. The van der Waals surface area contributed by atoms with Crippen LogP contribution in [0.2, 0.25) is 5.02 Å². The number of carbonyl (C=O) groups is 1. The van der Waals surface area contributed by atoms with Gasteiger partial charge in [-0.25, -0.2) is 4.79 Å². The Labute approximate surface area is 204 Å². The Kier molecular flexibility index (Phi) is 8.92. The van der Waals surface area contributed by atoms with E-state index in [0.717, 1.165) is 5.56 Å². The molecule has 170 valence electrons. The third kappa shape index (κ3) is 7.53. The molecule has 11 heteroatoms. The normalized spacial score (nSPS) is 14.9. The minimum absolute atomic E-state index is 0. The van der Waals surface area contributed by atoms with Crippen LogP contribution >= 0.6 is 35.6 Å². The van der Waals surface area contributed by atoms with E-state index in [0.29, 0.717) is 61.8 Å². The molecule has 0 atom stereocenters. The van der Waals surface area contributed by atoms with Crippen LogP contribution in [0.4, 0.5) is 4.79 Å². The lowest BCUT2D eigenvalue weighted by Crippen LogP contribution is -2.53. The van der Waals surface area contributed by atoms with Gasteiger partial charge in [0.15, 0.2) is 5.96 Å². The lowest BCUT2D eigenvalue weighted by Gasteiger charge is -2.36. The molecule has 0 spiro atoms. The first-order valence-corrected chi connectivity index (χ1v) is 10.2. The molecule has 9 nitrogen and oxygen atoms in total. The molecule has 3 rings (SSSR count). The average Bonchev–Trinajstić information content (AvgIpc) is 3.16. The summed E-state index contributed by atoms with van der Waals surface area (Å²) in [7, 11) is 0. The minimum Gasteiger partial charge on any atom is -0.444 e. The summed E-state index contributed by atoms with van der Waals surface area (Å²) >= 11 is 5.89. The van der Waals surface area contributed by atoms with E-state index in [1.54, 1.807) is 17.0 Å². The van der Waals surface area contributed by atoms with E-state index in [1.165, 1.54) is 0 Å². The molecule has 1 aromatic heterocycles. The number of aromatic nitrogens is 2. The molecule has 1 saturated heterocycles. The fourth-order valence-electron chi connectivity index (χ4n) is 2.88. The van der Waals surface area contributed by atoms with Crippen molar-refractivity contribution in [1.29, 1.82) is 0 Å². The van der Waals surface area contributed by atoms with Crippen LogP contribution in [-0.2, 0) is 11.2 Å². The average molecular weight is 563 g/mol. The number of nitrogens with two attached hydrogens (primary N) is 1. The summed E-state index contributed by atoms with van der Waals surface area (Å²) in [6.07, 6.45) is 0.185. The fourth-order valence-corrected chi connectivity index (χ4v) is 3.01. The van der Waals surface area contributed by atoms with Gasteiger partial charge in [0.05, 0.1) is 6.54 Å². The number of hydrogen-bond acceptors (Lipinski definition) is 6. The van der Waals surface area contributed by atoms with Gasteiger partial charge in [0, 0.05) is 43.2 Å². The molecular formula is C20H28ClIN6O3. The molecule has 1 fully saturated rings. The van der Waals surface area contributed by atoms with Crippen molar-refractivity contribution >= 4 is 47.6 Å². The second-order valence-corrected chi connectivity index (χ2v) is 8.40. The van der Waals surface area contributed by atoms with Gasteiger partial charge < -0.3 is 24.8 Å². The summed E-state index contributed by atoms with van der Waals surface area (Å²) < 4.78 is 10.7. The number of carbonyl (C=O) groups excluding carboxylic acids is 1. The van der Waals surface area contributed by atoms with Crippen LogP contribution < -0.4 is 5.73 Å². The van der Waals surface area contributed by atoms with Crippen molar-refractivity contribution in [2.75, 3.05) is 32.7 Å². The van der Waals surface area contributed by atoms with Crippen molar-refractivity contribution in [3.63, 3.8) is 0 Å². The van der Waals surface area contributed by atoms with Crippen molar-refractivity contribution in [2.24, 2.45) is 10.7 Å². The molecule has 2 aromatic rings. The summed E-state index contributed by atoms with van der Waals surface area (Å²) in [5, 5.41) is 4.64. The van der Waals surface area contributed by atoms with E-state index < -0.39 is 5.60 Å². The minimum atomic E-state index is -0.503. The molecule has 2 heterocycles. The van der Waals surface area contributed by atoms with Crippen LogP contribution in [0.25, 0.3) is 11.4 Å². The number of piperazine rings is 1. The highest BCUT2D eigenvalue weighted by atomic mass is 127. The van der Waals surface area contributed by atoms with Crippen molar-refractivity contribution < 1.29 is 14.1 Å². The van der Waals surface area contributed by atoms with Crippen LogP contribution in [0.1, 0.15) is 26.7 Å². The van der Waals surface area contributed by atoms with Crippen molar-refractivity contribution in [3.05, 3.63) is 35.2 Å². The van der Waals surface area contributed by atoms with Crippen LogP contribution in [0.3, 0.4) is 0 Å². The summed E-state index contributed by atoms with van der Waals surface area (Å²) in [6, 6.07) is 7.23. The van der Waals surface area contributed by atoms with E-state index in [-0.39, 0.29) is 30.1 Å². The van der Waals surface area contributed by atoms with Gasteiger partial charge in [-0.2, -0.15) is 4.98 Å². The van der Waals surface area contributed by atoms with Crippen LogP contribution in [0.15, 0.2) is 33.8 Å². The Morgan fingerprint density at radius 1 is 1.19 bits per heavy atom. The van der Waals surface area contributed by atoms with Gasteiger partial charge in [0.25, 0.3) is 0 Å². The molecule has 0 aliphatic carbocycles. The molecule has 31 heavy (non-hydrogen) atoms. The fraction of sp³-hybridized carbons (Fsp3) is 0.500. The van der Waals surface area contributed by atoms with Crippen molar-refractivity contribution in [2.45, 2.75) is 32.8 Å². The van der Waals surface area contributed by atoms with Gasteiger partial charge in [-0.1, -0.05) is 16.8 Å². The molecule has 0 radical (unpaired) electrons. The summed E-state index contributed by atoms with van der Waals surface area (Å²) in [4.78, 5) is 24.6. The molecule has 2 N–H and O–H groups in total. The molecule has 0 saturated carbocycles. The Hall–Kier alpha value is -2.08. The van der Waals surface area contributed by atoms with E-state index in [1.807, 2.05) is 37.8 Å². The van der Waals surface area contributed by atoms with Gasteiger partial charge in [0.2, 0.25) is 11.7 Å². The predicted molar refractivity (Wildman–Crippen MR) is 130 cm³/mol. The first-order valence-electron chi connectivity index (χ1n) is 9.82. The lowest BCUT2D eigenvalue weighted by atomic mass is 10.2. The third-order valence-corrected chi connectivity index (χ3v) is 4.68. The number of ether oxygens (including phenoxy) is 1. The highest BCUT2D eigenvalue weighted by Gasteiger charge is 2.26. The molecule has 0 unspecified atom stereocenters. The summed E-state index contributed by atoms with van der Waals surface area (Å²) in [6.45, 7) is 8.29. The van der Waals surface area contributed by atoms with E-state index in [9.17, 15) is 4.79 Å². The maximum atomic E-state index is 12.1. The van der Waals surface area contributed by atoms with E-state index in [4.69, 9.17) is 26.6 Å². The van der Waals surface area contributed by atoms with Crippen molar-refractivity contribution in [1.82, 2.24) is 19.9 Å². The molecular weight excluding hydrogens is 535 g/mol. The quantitative estimate of drug-likeness (QED) is 0.345. The molecule has 1 amide bonds. The second kappa shape index (κ2) is 11.0. The largest absolute Gasteiger partial charge is 0.444 e. The molecule has 0 bridgehead atoms. The first kappa shape index (κ1) is 25.2. The van der Waals surface area contributed by atoms with Gasteiger partial charge in [-0.15, -0.1) is 24.0 Å². The zero-order valence-corrected chi connectivity index (χ0v) is 21.0. The number of guanidine groups is 1. The van der Waals surface area contributed by atoms with Crippen LogP contribution in [0, 0.1) is 0 Å². The first-order chi connectivity index (χ1) is 14.2. The monoisotopic (exact) mass is 562 g/mol. The third-order valence-electron chi connectivity index (χ3n) is 4.43. The molecule has 1 aliphatic rings. The smallest absolute Gasteiger partial charge is 0.410 e. The van der Waals surface area contributed by atoms with E-state index in [2.05, 4.69) is 15.1 Å². The number of hydrogen-bond donors (Lipinski definition) is 1. The van der Waals surface area contributed by atoms with E-state index >= 15 is 0 Å². The standard InChI is InChI=1S/C20H27ClN6O3.HI/c1-20(2,3)29-19(28)27-12-10-26(11-13-27)18(22)23-9-8-16-24-17(25-30-16)14-4-6-15(21)7-5-14;/h4-7H,8-13H2,1-3H3,(H2,22,23);1H. The predicted octanol–water partition coefficient (Wildman–Crippen LogP) is 3.42. The summed E-state index contributed by atoms with van der Waals surface area (Å²) in [5.41, 5.74) is 6.44. The molecule has 1 aliphatic heterocycles. The van der Waals surface area contributed by atoms with Gasteiger partial charge in [-0.05, 0) is 45.0 Å². The SMILES string of the molecule is CC(C)(C)OC(=O)N1CCN(C(N)=NCCc2nc(-c3ccc(Cl)cc3)no2)CC1.I. The molecule has 1 aromatic carbocycles. The number of amides is 1.